The molecule has 0 saturated heterocycles. The molecule has 27 heavy (non-hydrogen) atoms. The van der Waals surface area contributed by atoms with Crippen LogP contribution in [0.1, 0.15) is 23.7 Å². The number of benzene rings is 1. The number of aromatic amines is 1. The van der Waals surface area contributed by atoms with Crippen molar-refractivity contribution in [2.45, 2.75) is 19.5 Å². The first kappa shape index (κ1) is 18.0. The van der Waals surface area contributed by atoms with Crippen molar-refractivity contribution in [3.63, 3.8) is 0 Å². The van der Waals surface area contributed by atoms with Crippen molar-refractivity contribution in [1.82, 2.24) is 14.9 Å². The highest BCUT2D eigenvalue weighted by atomic mass is 32.1. The Bertz CT molecular complexity index is 1120. The fourth-order valence-electron chi connectivity index (χ4n) is 3.03. The number of nitrogens with zero attached hydrogens (tertiary/aromatic N) is 2. The van der Waals surface area contributed by atoms with Crippen molar-refractivity contribution >= 4 is 32.9 Å². The van der Waals surface area contributed by atoms with Gasteiger partial charge in [-0.05, 0) is 43.1 Å². The van der Waals surface area contributed by atoms with Gasteiger partial charge in [0.15, 0.2) is 0 Å². The Kier molecular flexibility index (Phi) is 4.90. The van der Waals surface area contributed by atoms with Crippen LogP contribution in [0.4, 0.5) is 4.39 Å². The molecular weight excluding hydrogens is 381 g/mol. The molecule has 1 aromatic carbocycles. The summed E-state index contributed by atoms with van der Waals surface area (Å²) in [6.07, 6.45) is 0. The fourth-order valence-corrected chi connectivity index (χ4v) is 4.84. The maximum absolute atomic E-state index is 13.2. The predicted octanol–water partition coefficient (Wildman–Crippen LogP) is 5.05. The summed E-state index contributed by atoms with van der Waals surface area (Å²) in [6, 6.07) is 10.6. The van der Waals surface area contributed by atoms with Gasteiger partial charge in [0.25, 0.3) is 5.56 Å². The Labute approximate surface area is 163 Å². The molecular formula is C20H18FN3OS2. The average Bonchev–Trinajstić information content (AvgIpc) is 3.31. The third-order valence-electron chi connectivity index (χ3n) is 4.66. The van der Waals surface area contributed by atoms with Gasteiger partial charge in [0.1, 0.15) is 16.5 Å². The minimum absolute atomic E-state index is 0.159. The lowest BCUT2D eigenvalue weighted by molar-refractivity contribution is 0.250. The van der Waals surface area contributed by atoms with Gasteiger partial charge >= 0.3 is 0 Å². The zero-order valence-corrected chi connectivity index (χ0v) is 16.5. The molecule has 1 atom stereocenters. The van der Waals surface area contributed by atoms with Crippen LogP contribution in [0.3, 0.4) is 0 Å². The SMILES string of the molecule is CC(c1cccs1)N(C)Cc1nc2scc(-c3ccc(F)cc3)c2c(=O)[nH]1. The van der Waals surface area contributed by atoms with Gasteiger partial charge in [0.05, 0.1) is 11.9 Å². The van der Waals surface area contributed by atoms with Crippen LogP contribution in [-0.4, -0.2) is 21.9 Å². The van der Waals surface area contributed by atoms with E-state index in [2.05, 4.69) is 33.2 Å². The lowest BCUT2D eigenvalue weighted by Crippen LogP contribution is -2.24. The number of aromatic nitrogens is 2. The molecule has 4 rings (SSSR count). The van der Waals surface area contributed by atoms with Crippen LogP contribution >= 0.6 is 22.7 Å². The van der Waals surface area contributed by atoms with Crippen molar-refractivity contribution < 1.29 is 4.39 Å². The summed E-state index contributed by atoms with van der Waals surface area (Å²) in [6.45, 7) is 2.69. The van der Waals surface area contributed by atoms with Crippen LogP contribution in [0.15, 0.2) is 52.0 Å². The summed E-state index contributed by atoms with van der Waals surface area (Å²) in [7, 11) is 2.02. The zero-order chi connectivity index (χ0) is 19.0. The molecule has 1 N–H and O–H groups in total. The molecule has 3 aromatic heterocycles. The van der Waals surface area contributed by atoms with E-state index in [9.17, 15) is 9.18 Å². The van der Waals surface area contributed by atoms with Crippen LogP contribution in [0.25, 0.3) is 21.3 Å². The number of hydrogen-bond donors (Lipinski definition) is 1. The smallest absolute Gasteiger partial charge is 0.260 e. The highest BCUT2D eigenvalue weighted by molar-refractivity contribution is 7.17. The van der Waals surface area contributed by atoms with E-state index in [0.29, 0.717) is 22.6 Å². The maximum Gasteiger partial charge on any atom is 0.260 e. The van der Waals surface area contributed by atoms with Gasteiger partial charge < -0.3 is 4.98 Å². The largest absolute Gasteiger partial charge is 0.309 e. The number of halogens is 1. The number of thiophene rings is 2. The topological polar surface area (TPSA) is 49.0 Å². The number of hydrogen-bond acceptors (Lipinski definition) is 5. The molecule has 1 unspecified atom stereocenters. The number of H-pyrrole nitrogens is 1. The van der Waals surface area contributed by atoms with Gasteiger partial charge in [-0.2, -0.15) is 0 Å². The van der Waals surface area contributed by atoms with E-state index >= 15 is 0 Å². The summed E-state index contributed by atoms with van der Waals surface area (Å²) >= 11 is 3.15. The fraction of sp³-hybridized carbons (Fsp3) is 0.200. The summed E-state index contributed by atoms with van der Waals surface area (Å²) in [5.74, 6) is 0.349. The number of nitrogens with one attached hydrogen (secondary N) is 1. The Morgan fingerprint density at radius 2 is 2.00 bits per heavy atom. The third-order valence-corrected chi connectivity index (χ3v) is 6.58. The van der Waals surface area contributed by atoms with Gasteiger partial charge in [-0.25, -0.2) is 9.37 Å². The second-order valence-electron chi connectivity index (χ2n) is 6.46. The van der Waals surface area contributed by atoms with E-state index in [0.717, 1.165) is 11.1 Å². The molecule has 4 aromatic rings. The lowest BCUT2D eigenvalue weighted by atomic mass is 10.1. The second-order valence-corrected chi connectivity index (χ2v) is 8.29. The van der Waals surface area contributed by atoms with Gasteiger partial charge in [0.2, 0.25) is 0 Å². The van der Waals surface area contributed by atoms with E-state index in [1.54, 1.807) is 23.5 Å². The predicted molar refractivity (Wildman–Crippen MR) is 110 cm³/mol. The minimum atomic E-state index is -0.296. The van der Waals surface area contributed by atoms with E-state index in [4.69, 9.17) is 0 Å². The molecule has 0 bridgehead atoms. The molecule has 0 aliphatic carbocycles. The first-order valence-corrected chi connectivity index (χ1v) is 10.3. The molecule has 0 radical (unpaired) electrons. The molecule has 3 heterocycles. The van der Waals surface area contributed by atoms with E-state index < -0.39 is 0 Å². The standard InChI is InChI=1S/C20H18FN3OS2/c1-12(16-4-3-9-26-16)24(2)10-17-22-19(25)18-15(11-27-20(18)23-17)13-5-7-14(21)8-6-13/h3-9,11-12H,10H2,1-2H3,(H,22,23,25). The Morgan fingerprint density at radius 1 is 1.22 bits per heavy atom. The van der Waals surface area contributed by atoms with E-state index in [1.165, 1.54) is 28.3 Å². The van der Waals surface area contributed by atoms with Crippen LogP contribution in [0.5, 0.6) is 0 Å². The molecule has 0 saturated carbocycles. The molecule has 4 nitrogen and oxygen atoms in total. The molecule has 0 fully saturated rings. The molecule has 0 spiro atoms. The van der Waals surface area contributed by atoms with Crippen LogP contribution in [0, 0.1) is 5.82 Å². The van der Waals surface area contributed by atoms with Crippen LogP contribution in [0.2, 0.25) is 0 Å². The van der Waals surface area contributed by atoms with Gasteiger partial charge in [-0.15, -0.1) is 22.7 Å². The first-order valence-electron chi connectivity index (χ1n) is 8.53. The van der Waals surface area contributed by atoms with Gasteiger partial charge in [-0.1, -0.05) is 18.2 Å². The summed E-state index contributed by atoms with van der Waals surface area (Å²) in [4.78, 5) is 24.4. The molecule has 7 heteroatoms. The summed E-state index contributed by atoms with van der Waals surface area (Å²) in [5.41, 5.74) is 1.44. The Balaban J connectivity index is 1.65. The number of rotatable bonds is 5. The van der Waals surface area contributed by atoms with Crippen molar-refractivity contribution in [3.8, 4) is 11.1 Å². The van der Waals surface area contributed by atoms with Gasteiger partial charge in [-0.3, -0.25) is 9.69 Å². The second kappa shape index (κ2) is 7.34. The Morgan fingerprint density at radius 3 is 2.70 bits per heavy atom. The highest BCUT2D eigenvalue weighted by Gasteiger charge is 2.17. The molecule has 138 valence electrons. The van der Waals surface area contributed by atoms with Gasteiger partial charge in [0, 0.05) is 21.9 Å². The normalized spacial score (nSPS) is 12.7. The minimum Gasteiger partial charge on any atom is -0.309 e. The van der Waals surface area contributed by atoms with Crippen molar-refractivity contribution in [2.75, 3.05) is 7.05 Å². The van der Waals surface area contributed by atoms with E-state index in [-0.39, 0.29) is 17.4 Å². The third kappa shape index (κ3) is 3.58. The Hall–Kier alpha value is -2.35. The quantitative estimate of drug-likeness (QED) is 0.511. The van der Waals surface area contributed by atoms with Crippen molar-refractivity contribution in [1.29, 1.82) is 0 Å². The summed E-state index contributed by atoms with van der Waals surface area (Å²) < 4.78 is 13.2. The monoisotopic (exact) mass is 399 g/mol. The molecule has 0 aliphatic rings. The van der Waals surface area contributed by atoms with Crippen molar-refractivity contribution in [2.24, 2.45) is 0 Å². The van der Waals surface area contributed by atoms with E-state index in [1.807, 2.05) is 18.5 Å². The lowest BCUT2D eigenvalue weighted by Gasteiger charge is -2.23. The maximum atomic E-state index is 13.2. The van der Waals surface area contributed by atoms with Crippen molar-refractivity contribution in [3.05, 3.63) is 74.0 Å². The highest BCUT2D eigenvalue weighted by Crippen LogP contribution is 2.31. The first-order chi connectivity index (χ1) is 13.0. The van der Waals surface area contributed by atoms with Crippen LogP contribution < -0.4 is 5.56 Å². The van der Waals surface area contributed by atoms with Crippen LogP contribution in [-0.2, 0) is 6.54 Å². The summed E-state index contributed by atoms with van der Waals surface area (Å²) in [5, 5.41) is 4.53. The zero-order valence-electron chi connectivity index (χ0n) is 14.9. The average molecular weight is 400 g/mol. The number of fused-ring (bicyclic) bond motifs is 1. The molecule has 0 aliphatic heterocycles. The molecule has 0 amide bonds.